The molecule has 2 aromatic rings. The number of H-pyrrole nitrogens is 1. The van der Waals surface area contributed by atoms with Crippen LogP contribution < -0.4 is 15.8 Å². The lowest BCUT2D eigenvalue weighted by Crippen LogP contribution is -2.36. The van der Waals surface area contributed by atoms with Crippen LogP contribution in [0.5, 0.6) is 0 Å². The molecule has 7 nitrogen and oxygen atoms in total. The number of morpholine rings is 1. The molecule has 2 N–H and O–H groups in total. The van der Waals surface area contributed by atoms with Gasteiger partial charge in [0.2, 0.25) is 5.91 Å². The largest absolute Gasteiger partial charge is 0.378 e. The summed E-state index contributed by atoms with van der Waals surface area (Å²) in [7, 11) is 0. The molecule has 2 heterocycles. The zero-order valence-electron chi connectivity index (χ0n) is 13.5. The molecule has 0 bridgehead atoms. The van der Waals surface area contributed by atoms with Crippen molar-refractivity contribution in [3.63, 3.8) is 0 Å². The summed E-state index contributed by atoms with van der Waals surface area (Å²) < 4.78 is 7.21. The first-order chi connectivity index (χ1) is 11.6. The van der Waals surface area contributed by atoms with E-state index in [1.54, 1.807) is 0 Å². The van der Waals surface area contributed by atoms with Gasteiger partial charge in [-0.1, -0.05) is 0 Å². The number of carbonyl (C=O) groups is 1. The van der Waals surface area contributed by atoms with Crippen LogP contribution in [0.15, 0.2) is 23.0 Å². The number of aromatic amines is 1. The number of hydrogen-bond acceptors (Lipinski definition) is 5. The number of anilines is 1. The van der Waals surface area contributed by atoms with E-state index in [9.17, 15) is 9.59 Å². The molecule has 0 spiro atoms. The van der Waals surface area contributed by atoms with Crippen molar-refractivity contribution in [2.45, 2.75) is 13.5 Å². The molecule has 128 valence electrons. The van der Waals surface area contributed by atoms with Crippen LogP contribution in [0.3, 0.4) is 0 Å². The number of carbonyl (C=O) groups excluding carboxylic acids is 1. The highest BCUT2D eigenvalue weighted by molar-refractivity contribution is 7.71. The highest BCUT2D eigenvalue weighted by Crippen LogP contribution is 2.20. The molecule has 0 atom stereocenters. The molecule has 1 fully saturated rings. The quantitative estimate of drug-likeness (QED) is 0.807. The van der Waals surface area contributed by atoms with Gasteiger partial charge in [-0.2, -0.15) is 0 Å². The van der Waals surface area contributed by atoms with E-state index >= 15 is 0 Å². The SMILES string of the molecule is CC(=O)NCCn1c(=S)[nH]c2ccc(N3CCOCC3)cc2c1=O. The minimum atomic E-state index is -0.144. The van der Waals surface area contributed by atoms with Crippen molar-refractivity contribution in [3.8, 4) is 0 Å². The van der Waals surface area contributed by atoms with Gasteiger partial charge in [-0.15, -0.1) is 0 Å². The van der Waals surface area contributed by atoms with E-state index in [-0.39, 0.29) is 11.5 Å². The number of hydrogen-bond donors (Lipinski definition) is 2. The molecule has 8 heteroatoms. The van der Waals surface area contributed by atoms with Gasteiger partial charge in [0, 0.05) is 38.8 Å². The van der Waals surface area contributed by atoms with Crippen LogP contribution in [0.2, 0.25) is 0 Å². The number of nitrogens with zero attached hydrogens (tertiary/aromatic N) is 2. The van der Waals surface area contributed by atoms with Crippen LogP contribution in [0.25, 0.3) is 10.9 Å². The predicted molar refractivity (Wildman–Crippen MR) is 95.1 cm³/mol. The van der Waals surface area contributed by atoms with Crippen LogP contribution in [0.1, 0.15) is 6.92 Å². The zero-order chi connectivity index (χ0) is 17.1. The summed E-state index contributed by atoms with van der Waals surface area (Å²) in [5, 5.41) is 3.27. The van der Waals surface area contributed by atoms with Gasteiger partial charge in [-0.05, 0) is 30.4 Å². The normalized spacial score (nSPS) is 14.8. The van der Waals surface area contributed by atoms with Crippen LogP contribution >= 0.6 is 12.2 Å². The number of aromatic nitrogens is 2. The molecule has 1 aromatic heterocycles. The topological polar surface area (TPSA) is 79.4 Å². The van der Waals surface area contributed by atoms with E-state index in [0.717, 1.165) is 24.3 Å². The molecule has 1 aliphatic rings. The van der Waals surface area contributed by atoms with Gasteiger partial charge in [-0.3, -0.25) is 14.2 Å². The minimum absolute atomic E-state index is 0.131. The number of nitrogens with one attached hydrogen (secondary N) is 2. The summed E-state index contributed by atoms with van der Waals surface area (Å²) in [5.74, 6) is -0.131. The molecular formula is C16H20N4O3S. The maximum atomic E-state index is 12.8. The van der Waals surface area contributed by atoms with E-state index in [4.69, 9.17) is 17.0 Å². The highest BCUT2D eigenvalue weighted by Gasteiger charge is 2.13. The Balaban J connectivity index is 1.96. The Kier molecular flexibility index (Phi) is 4.96. The molecule has 3 rings (SSSR count). The molecule has 1 saturated heterocycles. The van der Waals surface area contributed by atoms with E-state index in [2.05, 4.69) is 15.2 Å². The summed E-state index contributed by atoms with van der Waals surface area (Å²) in [6, 6.07) is 5.76. The van der Waals surface area contributed by atoms with Crippen molar-refractivity contribution in [2.75, 3.05) is 37.7 Å². The summed E-state index contributed by atoms with van der Waals surface area (Å²) in [5.41, 5.74) is 1.58. The maximum absolute atomic E-state index is 12.8. The number of rotatable bonds is 4. The fraction of sp³-hybridized carbons (Fsp3) is 0.438. The molecule has 1 amide bonds. The van der Waals surface area contributed by atoms with Gasteiger partial charge in [0.05, 0.1) is 24.1 Å². The van der Waals surface area contributed by atoms with Crippen molar-refractivity contribution in [3.05, 3.63) is 33.3 Å². The van der Waals surface area contributed by atoms with Crippen LogP contribution in [0, 0.1) is 4.77 Å². The lowest BCUT2D eigenvalue weighted by atomic mass is 10.2. The summed E-state index contributed by atoms with van der Waals surface area (Å²) in [4.78, 5) is 29.1. The summed E-state index contributed by atoms with van der Waals surface area (Å²) in [6.45, 7) is 5.15. The Morgan fingerprint density at radius 3 is 2.83 bits per heavy atom. The van der Waals surface area contributed by atoms with Crippen LogP contribution in [-0.2, 0) is 16.1 Å². The third kappa shape index (κ3) is 3.49. The van der Waals surface area contributed by atoms with Crippen molar-refractivity contribution >= 4 is 34.7 Å². The monoisotopic (exact) mass is 348 g/mol. The van der Waals surface area contributed by atoms with E-state index in [1.807, 2.05) is 18.2 Å². The molecule has 0 radical (unpaired) electrons. The second kappa shape index (κ2) is 7.14. The molecule has 1 aromatic carbocycles. The lowest BCUT2D eigenvalue weighted by molar-refractivity contribution is -0.118. The zero-order valence-corrected chi connectivity index (χ0v) is 14.3. The van der Waals surface area contributed by atoms with E-state index in [1.165, 1.54) is 11.5 Å². The Hall–Kier alpha value is -2.19. The van der Waals surface area contributed by atoms with Crippen molar-refractivity contribution in [1.29, 1.82) is 0 Å². The smallest absolute Gasteiger partial charge is 0.262 e. The first-order valence-electron chi connectivity index (χ1n) is 7.90. The van der Waals surface area contributed by atoms with Gasteiger partial charge in [0.25, 0.3) is 5.56 Å². The summed E-state index contributed by atoms with van der Waals surface area (Å²) >= 11 is 5.27. The van der Waals surface area contributed by atoms with Crippen LogP contribution in [-0.4, -0.2) is 48.3 Å². The first kappa shape index (κ1) is 16.7. The van der Waals surface area contributed by atoms with Gasteiger partial charge in [-0.25, -0.2) is 0 Å². The first-order valence-corrected chi connectivity index (χ1v) is 8.31. The third-order valence-corrected chi connectivity index (χ3v) is 4.37. The Labute approximate surface area is 144 Å². The average molecular weight is 348 g/mol. The van der Waals surface area contributed by atoms with Crippen LogP contribution in [0.4, 0.5) is 5.69 Å². The number of ether oxygens (including phenoxy) is 1. The predicted octanol–water partition coefficient (Wildman–Crippen LogP) is 1.03. The molecule has 1 aliphatic heterocycles. The van der Waals surface area contributed by atoms with Crippen molar-refractivity contribution in [2.24, 2.45) is 0 Å². The number of benzene rings is 1. The average Bonchev–Trinajstić information content (AvgIpc) is 2.58. The lowest BCUT2D eigenvalue weighted by Gasteiger charge is -2.29. The molecule has 0 saturated carbocycles. The third-order valence-electron chi connectivity index (χ3n) is 4.05. The van der Waals surface area contributed by atoms with E-state index < -0.39 is 0 Å². The fourth-order valence-corrected chi connectivity index (χ4v) is 3.09. The Morgan fingerprint density at radius 2 is 2.12 bits per heavy atom. The second-order valence-corrected chi connectivity index (χ2v) is 6.09. The fourth-order valence-electron chi connectivity index (χ4n) is 2.80. The summed E-state index contributed by atoms with van der Waals surface area (Å²) in [6.07, 6.45) is 0. The highest BCUT2D eigenvalue weighted by atomic mass is 32.1. The van der Waals surface area contributed by atoms with Crippen molar-refractivity contribution < 1.29 is 9.53 Å². The standard InChI is InChI=1S/C16H20N4O3S/c1-11(21)17-4-5-20-15(22)13-10-12(19-6-8-23-9-7-19)2-3-14(13)18-16(20)24/h2-3,10H,4-9H2,1H3,(H,17,21)(H,18,24). The van der Waals surface area contributed by atoms with Gasteiger partial charge in [0.1, 0.15) is 0 Å². The molecule has 24 heavy (non-hydrogen) atoms. The number of fused-ring (bicyclic) bond motifs is 1. The Bertz CT molecular complexity index is 868. The maximum Gasteiger partial charge on any atom is 0.262 e. The second-order valence-electron chi connectivity index (χ2n) is 5.70. The Morgan fingerprint density at radius 1 is 1.38 bits per heavy atom. The number of amides is 1. The molecular weight excluding hydrogens is 328 g/mol. The molecule has 0 aliphatic carbocycles. The minimum Gasteiger partial charge on any atom is -0.378 e. The van der Waals surface area contributed by atoms with Crippen molar-refractivity contribution in [1.82, 2.24) is 14.9 Å². The van der Waals surface area contributed by atoms with Gasteiger partial charge in [0.15, 0.2) is 4.77 Å². The van der Waals surface area contributed by atoms with Gasteiger partial charge >= 0.3 is 0 Å². The molecule has 0 unspecified atom stereocenters. The van der Waals surface area contributed by atoms with E-state index in [0.29, 0.717) is 36.5 Å². The van der Waals surface area contributed by atoms with Gasteiger partial charge < -0.3 is 19.9 Å².